The molecule has 1 saturated heterocycles. The Bertz CT molecular complexity index is 1010. The quantitative estimate of drug-likeness (QED) is 0.778. The smallest absolute Gasteiger partial charge is 0.227 e. The van der Waals surface area contributed by atoms with Crippen LogP contribution >= 0.6 is 0 Å². The Morgan fingerprint density at radius 3 is 3.16 bits per heavy atom. The highest BCUT2D eigenvalue weighted by Crippen LogP contribution is 2.40. The summed E-state index contributed by atoms with van der Waals surface area (Å²) < 4.78 is 2.20. The molecule has 7 nitrogen and oxygen atoms in total. The number of aromatic amines is 1. The third-order valence-corrected chi connectivity index (χ3v) is 5.49. The fourth-order valence-corrected chi connectivity index (χ4v) is 4.04. The maximum Gasteiger partial charge on any atom is 0.227 e. The molecule has 1 N–H and O–H groups in total. The van der Waals surface area contributed by atoms with Crippen LogP contribution in [-0.4, -0.2) is 43.4 Å². The average molecular weight is 334 g/mol. The number of nitrogens with zero attached hydrogens (tertiary/aromatic N) is 5. The molecule has 3 aromatic rings. The molecule has 0 spiro atoms. The van der Waals surface area contributed by atoms with Crippen molar-refractivity contribution in [1.29, 1.82) is 5.26 Å². The Hall–Kier alpha value is -2.88. The number of nitriles is 1. The zero-order valence-corrected chi connectivity index (χ0v) is 13.7. The monoisotopic (exact) mass is 334 g/mol. The summed E-state index contributed by atoms with van der Waals surface area (Å²) in [6.45, 7) is 1.48. The van der Waals surface area contributed by atoms with Gasteiger partial charge in [0.15, 0.2) is 0 Å². The van der Waals surface area contributed by atoms with Crippen molar-refractivity contribution in [2.24, 2.45) is 11.8 Å². The topological polar surface area (TPSA) is 90.6 Å². The molecule has 1 saturated carbocycles. The second kappa shape index (κ2) is 5.31. The van der Waals surface area contributed by atoms with Gasteiger partial charge in [0.25, 0.3) is 0 Å². The zero-order valence-electron chi connectivity index (χ0n) is 13.7. The van der Waals surface area contributed by atoms with Crippen molar-refractivity contribution in [2.45, 2.75) is 25.3 Å². The second-order valence-corrected chi connectivity index (χ2v) is 7.04. The van der Waals surface area contributed by atoms with Crippen LogP contribution in [0, 0.1) is 23.2 Å². The SMILES string of the molecule is N#C[C@@H]1C[C@@H]1C(=O)N1CCCC(n2cnc3cnc4[nH]ccc4c32)C1. The lowest BCUT2D eigenvalue weighted by Crippen LogP contribution is -2.41. The molecule has 0 aromatic carbocycles. The van der Waals surface area contributed by atoms with Gasteiger partial charge in [0.2, 0.25) is 5.91 Å². The van der Waals surface area contributed by atoms with E-state index < -0.39 is 0 Å². The van der Waals surface area contributed by atoms with E-state index in [1.165, 1.54) is 0 Å². The number of carbonyl (C=O) groups excluding carboxylic acids is 1. The Kier molecular flexibility index (Phi) is 3.07. The normalized spacial score (nSPS) is 26.0. The fourth-order valence-electron chi connectivity index (χ4n) is 4.04. The van der Waals surface area contributed by atoms with E-state index in [1.54, 1.807) is 6.20 Å². The van der Waals surface area contributed by atoms with Gasteiger partial charge in [-0.1, -0.05) is 0 Å². The van der Waals surface area contributed by atoms with Crippen LogP contribution in [0.2, 0.25) is 0 Å². The summed E-state index contributed by atoms with van der Waals surface area (Å²) in [5, 5.41) is 10.0. The number of fused-ring (bicyclic) bond motifs is 3. The number of H-pyrrole nitrogens is 1. The first-order valence-electron chi connectivity index (χ1n) is 8.73. The maximum absolute atomic E-state index is 12.6. The minimum Gasteiger partial charge on any atom is -0.346 e. The van der Waals surface area contributed by atoms with Gasteiger partial charge in [-0.15, -0.1) is 0 Å². The summed E-state index contributed by atoms with van der Waals surface area (Å²) in [4.78, 5) is 26.6. The van der Waals surface area contributed by atoms with Gasteiger partial charge < -0.3 is 14.5 Å². The predicted molar refractivity (Wildman–Crippen MR) is 91.4 cm³/mol. The molecule has 4 heterocycles. The number of carbonyl (C=O) groups is 1. The molecule has 3 atom stereocenters. The lowest BCUT2D eigenvalue weighted by molar-refractivity contribution is -0.134. The zero-order chi connectivity index (χ0) is 17.0. The van der Waals surface area contributed by atoms with Crippen molar-refractivity contribution in [1.82, 2.24) is 24.4 Å². The third-order valence-electron chi connectivity index (χ3n) is 5.49. The van der Waals surface area contributed by atoms with Gasteiger partial charge in [0.05, 0.1) is 42.0 Å². The van der Waals surface area contributed by atoms with Gasteiger partial charge in [0.1, 0.15) is 11.2 Å². The standard InChI is InChI=1S/C18H18N6O/c19-7-11-6-14(11)18(25)23-5-1-2-12(9-23)24-10-22-15-8-21-17-13(16(15)24)3-4-20-17/h3-4,8,10-12,14H,1-2,5-6,9H2,(H,20,21)/t11-,12?,14-/m0/s1. The van der Waals surface area contributed by atoms with Crippen LogP contribution in [0.25, 0.3) is 22.1 Å². The van der Waals surface area contributed by atoms with Crippen molar-refractivity contribution in [3.63, 3.8) is 0 Å². The second-order valence-electron chi connectivity index (χ2n) is 7.04. The summed E-state index contributed by atoms with van der Waals surface area (Å²) >= 11 is 0. The first kappa shape index (κ1) is 14.5. The van der Waals surface area contributed by atoms with Crippen LogP contribution in [0.4, 0.5) is 0 Å². The number of rotatable bonds is 2. The molecule has 126 valence electrons. The number of hydrogen-bond acceptors (Lipinski definition) is 4. The summed E-state index contributed by atoms with van der Waals surface area (Å²) in [7, 11) is 0. The van der Waals surface area contributed by atoms with Gasteiger partial charge in [-0.3, -0.25) is 4.79 Å². The van der Waals surface area contributed by atoms with Crippen molar-refractivity contribution < 1.29 is 4.79 Å². The minimum absolute atomic E-state index is 0.0764. The molecule has 1 amide bonds. The predicted octanol–water partition coefficient (Wildman–Crippen LogP) is 2.24. The Labute approximate surface area is 144 Å². The number of imidazole rings is 1. The summed E-state index contributed by atoms with van der Waals surface area (Å²) in [5.74, 6) is -0.00880. The number of hydrogen-bond donors (Lipinski definition) is 1. The van der Waals surface area contributed by atoms with E-state index in [0.29, 0.717) is 6.54 Å². The van der Waals surface area contributed by atoms with Gasteiger partial charge in [-0.2, -0.15) is 5.26 Å². The molecule has 0 radical (unpaired) electrons. The summed E-state index contributed by atoms with van der Waals surface area (Å²) in [6, 6.07) is 4.45. The molecule has 3 aromatic heterocycles. The van der Waals surface area contributed by atoms with Crippen LogP contribution in [0.1, 0.15) is 25.3 Å². The molecule has 2 aliphatic rings. The van der Waals surface area contributed by atoms with Gasteiger partial charge in [-0.25, -0.2) is 9.97 Å². The van der Waals surface area contributed by atoms with Gasteiger partial charge in [0, 0.05) is 24.7 Å². The Morgan fingerprint density at radius 1 is 1.40 bits per heavy atom. The molecule has 7 heteroatoms. The largest absolute Gasteiger partial charge is 0.346 e. The highest BCUT2D eigenvalue weighted by molar-refractivity contribution is 6.01. The van der Waals surface area contributed by atoms with E-state index in [4.69, 9.17) is 5.26 Å². The third kappa shape index (κ3) is 2.21. The summed E-state index contributed by atoms with van der Waals surface area (Å²) in [6.07, 6.45) is 8.27. The lowest BCUT2D eigenvalue weighted by atomic mass is 10.0. The number of pyridine rings is 1. The number of amides is 1. The molecule has 25 heavy (non-hydrogen) atoms. The maximum atomic E-state index is 12.6. The Morgan fingerprint density at radius 2 is 2.32 bits per heavy atom. The van der Waals surface area contributed by atoms with Crippen molar-refractivity contribution >= 4 is 28.0 Å². The van der Waals surface area contributed by atoms with Crippen LogP contribution in [0.15, 0.2) is 24.8 Å². The average Bonchev–Trinajstić information content (AvgIpc) is 3.07. The van der Waals surface area contributed by atoms with Gasteiger partial charge >= 0.3 is 0 Å². The van der Waals surface area contributed by atoms with E-state index >= 15 is 0 Å². The van der Waals surface area contributed by atoms with E-state index in [9.17, 15) is 4.79 Å². The van der Waals surface area contributed by atoms with Crippen LogP contribution in [0.5, 0.6) is 0 Å². The van der Waals surface area contributed by atoms with E-state index in [1.807, 2.05) is 23.5 Å². The molecule has 5 rings (SSSR count). The Balaban J connectivity index is 1.47. The molecule has 1 aliphatic carbocycles. The number of likely N-dealkylation sites (tertiary alicyclic amines) is 1. The van der Waals surface area contributed by atoms with Crippen molar-refractivity contribution in [3.05, 3.63) is 24.8 Å². The van der Waals surface area contributed by atoms with Crippen LogP contribution in [-0.2, 0) is 4.79 Å². The first-order valence-corrected chi connectivity index (χ1v) is 8.73. The minimum atomic E-state index is -0.0798. The molecular weight excluding hydrogens is 316 g/mol. The first-order chi connectivity index (χ1) is 12.3. The molecule has 1 unspecified atom stereocenters. The number of piperidine rings is 1. The van der Waals surface area contributed by atoms with E-state index in [2.05, 4.69) is 25.6 Å². The van der Waals surface area contributed by atoms with Crippen molar-refractivity contribution in [2.75, 3.05) is 13.1 Å². The molecular formula is C18H18N6O. The van der Waals surface area contributed by atoms with E-state index in [-0.39, 0.29) is 23.8 Å². The van der Waals surface area contributed by atoms with Gasteiger partial charge in [-0.05, 0) is 25.3 Å². The summed E-state index contributed by atoms with van der Waals surface area (Å²) in [5.41, 5.74) is 2.81. The lowest BCUT2D eigenvalue weighted by Gasteiger charge is -2.34. The molecule has 1 aliphatic heterocycles. The van der Waals surface area contributed by atoms with Crippen LogP contribution in [0.3, 0.4) is 0 Å². The molecule has 0 bridgehead atoms. The van der Waals surface area contributed by atoms with Crippen molar-refractivity contribution in [3.8, 4) is 6.07 Å². The highest BCUT2D eigenvalue weighted by Gasteiger charge is 2.46. The number of aromatic nitrogens is 4. The van der Waals surface area contributed by atoms with Crippen LogP contribution < -0.4 is 0 Å². The molecule has 2 fully saturated rings. The number of nitrogens with one attached hydrogen (secondary N) is 1. The fraction of sp³-hybridized carbons (Fsp3) is 0.444. The highest BCUT2D eigenvalue weighted by atomic mass is 16.2. The van der Waals surface area contributed by atoms with E-state index in [0.717, 1.165) is 47.9 Å².